The second kappa shape index (κ2) is 2.84. The zero-order valence-corrected chi connectivity index (χ0v) is 7.64. The van der Waals surface area contributed by atoms with Crippen LogP contribution in [-0.2, 0) is 9.53 Å². The topological polar surface area (TPSA) is 29.6 Å². The van der Waals surface area contributed by atoms with Crippen LogP contribution in [0.2, 0.25) is 0 Å². The number of epoxide rings is 1. The predicted molar refractivity (Wildman–Crippen MR) is 46.0 cm³/mol. The molecule has 2 rings (SSSR count). The van der Waals surface area contributed by atoms with Gasteiger partial charge in [-0.3, -0.25) is 4.79 Å². The maximum absolute atomic E-state index is 11.3. The molecule has 1 aliphatic heterocycles. The van der Waals surface area contributed by atoms with E-state index in [0.717, 1.165) is 25.7 Å². The average molecular weight is 168 g/mol. The molecule has 0 amide bonds. The van der Waals surface area contributed by atoms with Gasteiger partial charge in [-0.1, -0.05) is 19.8 Å². The number of hydrogen-bond acceptors (Lipinski definition) is 2. The fraction of sp³-hybridized carbons (Fsp3) is 0.900. The van der Waals surface area contributed by atoms with Crippen LogP contribution in [0.3, 0.4) is 0 Å². The predicted octanol–water partition coefficient (Wildman–Crippen LogP) is 2.07. The van der Waals surface area contributed by atoms with Crippen molar-refractivity contribution in [3.05, 3.63) is 0 Å². The number of carbonyl (C=O) groups is 1. The molecule has 2 aliphatic rings. The number of Topliss-reactive ketones (excluding diaryl/α,β-unsaturated/α-hetero) is 1. The Morgan fingerprint density at radius 1 is 1.67 bits per heavy atom. The van der Waals surface area contributed by atoms with Crippen molar-refractivity contribution in [2.24, 2.45) is 0 Å². The van der Waals surface area contributed by atoms with Gasteiger partial charge >= 0.3 is 0 Å². The Balaban J connectivity index is 1.92. The number of hydrogen-bond donors (Lipinski definition) is 0. The Labute approximate surface area is 73.3 Å². The van der Waals surface area contributed by atoms with Crippen LogP contribution in [0.25, 0.3) is 0 Å². The first kappa shape index (κ1) is 8.24. The summed E-state index contributed by atoms with van der Waals surface area (Å²) in [6.45, 7) is 2.18. The van der Waals surface area contributed by atoms with Gasteiger partial charge in [0, 0.05) is 6.42 Å². The van der Waals surface area contributed by atoms with Gasteiger partial charge in [0.15, 0.2) is 5.78 Å². The second-order valence-corrected chi connectivity index (χ2v) is 3.99. The SMILES string of the molecule is CCCCC12CCCC(=O)C1O2. The van der Waals surface area contributed by atoms with Crippen LogP contribution >= 0.6 is 0 Å². The summed E-state index contributed by atoms with van der Waals surface area (Å²) < 4.78 is 5.53. The van der Waals surface area contributed by atoms with Gasteiger partial charge in [-0.05, 0) is 19.3 Å². The fourth-order valence-corrected chi connectivity index (χ4v) is 2.23. The molecule has 1 heterocycles. The van der Waals surface area contributed by atoms with Gasteiger partial charge in [0.1, 0.15) is 11.7 Å². The minimum absolute atomic E-state index is 0.00204. The summed E-state index contributed by atoms with van der Waals surface area (Å²) in [7, 11) is 0. The van der Waals surface area contributed by atoms with E-state index in [4.69, 9.17) is 4.74 Å². The van der Waals surface area contributed by atoms with Crippen LogP contribution in [0.15, 0.2) is 0 Å². The molecule has 2 fully saturated rings. The molecule has 0 spiro atoms. The van der Waals surface area contributed by atoms with E-state index < -0.39 is 0 Å². The molecule has 68 valence electrons. The summed E-state index contributed by atoms with van der Waals surface area (Å²) in [5.41, 5.74) is 0.0192. The van der Waals surface area contributed by atoms with Crippen molar-refractivity contribution >= 4 is 5.78 Å². The van der Waals surface area contributed by atoms with Crippen LogP contribution in [-0.4, -0.2) is 17.5 Å². The van der Waals surface area contributed by atoms with Crippen molar-refractivity contribution in [2.45, 2.75) is 57.2 Å². The first-order valence-electron chi connectivity index (χ1n) is 4.99. The van der Waals surface area contributed by atoms with Crippen molar-refractivity contribution < 1.29 is 9.53 Å². The Hall–Kier alpha value is -0.370. The van der Waals surface area contributed by atoms with Crippen LogP contribution in [0.4, 0.5) is 0 Å². The van der Waals surface area contributed by atoms with Crippen molar-refractivity contribution in [2.75, 3.05) is 0 Å². The third kappa shape index (κ3) is 1.18. The van der Waals surface area contributed by atoms with Crippen molar-refractivity contribution in [1.82, 2.24) is 0 Å². The third-order valence-corrected chi connectivity index (χ3v) is 3.04. The Morgan fingerprint density at radius 2 is 2.50 bits per heavy atom. The molecule has 2 atom stereocenters. The van der Waals surface area contributed by atoms with E-state index in [1.54, 1.807) is 0 Å². The van der Waals surface area contributed by atoms with Crippen molar-refractivity contribution in [3.8, 4) is 0 Å². The van der Waals surface area contributed by atoms with Gasteiger partial charge in [-0.15, -0.1) is 0 Å². The molecule has 0 radical (unpaired) electrons. The third-order valence-electron chi connectivity index (χ3n) is 3.04. The molecule has 0 bridgehead atoms. The Morgan fingerprint density at radius 3 is 3.25 bits per heavy atom. The first-order chi connectivity index (χ1) is 5.78. The normalized spacial score (nSPS) is 39.4. The van der Waals surface area contributed by atoms with E-state index in [2.05, 4.69) is 6.92 Å². The summed E-state index contributed by atoms with van der Waals surface area (Å²) in [5, 5.41) is 0. The second-order valence-electron chi connectivity index (χ2n) is 3.99. The molecule has 12 heavy (non-hydrogen) atoms. The lowest BCUT2D eigenvalue weighted by Gasteiger charge is -2.15. The van der Waals surface area contributed by atoms with Crippen molar-refractivity contribution in [1.29, 1.82) is 0 Å². The van der Waals surface area contributed by atoms with Crippen LogP contribution < -0.4 is 0 Å². The summed E-state index contributed by atoms with van der Waals surface area (Å²) in [5.74, 6) is 0.345. The van der Waals surface area contributed by atoms with Crippen LogP contribution in [0, 0.1) is 0 Å². The molecular formula is C10H16O2. The standard InChI is InChI=1S/C10H16O2/c1-2-3-6-10-7-4-5-8(11)9(10)12-10/h9H,2-7H2,1H3. The van der Waals surface area contributed by atoms with Gasteiger partial charge < -0.3 is 4.74 Å². The molecular weight excluding hydrogens is 152 g/mol. The maximum atomic E-state index is 11.3. The highest BCUT2D eigenvalue weighted by atomic mass is 16.6. The maximum Gasteiger partial charge on any atom is 0.164 e. The highest BCUT2D eigenvalue weighted by Gasteiger charge is 2.60. The van der Waals surface area contributed by atoms with Gasteiger partial charge in [0.25, 0.3) is 0 Å². The number of ether oxygens (including phenoxy) is 1. The highest BCUT2D eigenvalue weighted by molar-refractivity contribution is 5.87. The number of carbonyl (C=O) groups excluding carboxylic acids is 1. The minimum atomic E-state index is -0.00204. The lowest BCUT2D eigenvalue weighted by molar-refractivity contribution is -0.120. The Kier molecular flexibility index (Phi) is 1.95. The number of unbranched alkanes of at least 4 members (excludes halogenated alkanes) is 1. The molecule has 2 unspecified atom stereocenters. The lowest BCUT2D eigenvalue weighted by Crippen LogP contribution is -2.26. The van der Waals surface area contributed by atoms with Crippen LogP contribution in [0.5, 0.6) is 0 Å². The highest BCUT2D eigenvalue weighted by Crippen LogP contribution is 2.49. The quantitative estimate of drug-likeness (QED) is 0.604. The van der Waals surface area contributed by atoms with E-state index in [9.17, 15) is 4.79 Å². The van der Waals surface area contributed by atoms with Gasteiger partial charge in [0.05, 0.1) is 0 Å². The largest absolute Gasteiger partial charge is 0.358 e. The van der Waals surface area contributed by atoms with Gasteiger partial charge in [-0.2, -0.15) is 0 Å². The molecule has 0 aromatic carbocycles. The zero-order chi connectivity index (χ0) is 8.60. The summed E-state index contributed by atoms with van der Waals surface area (Å²) in [4.78, 5) is 11.3. The summed E-state index contributed by atoms with van der Waals surface area (Å²) >= 11 is 0. The summed E-state index contributed by atoms with van der Waals surface area (Å²) in [6, 6.07) is 0. The van der Waals surface area contributed by atoms with Gasteiger partial charge in [-0.25, -0.2) is 0 Å². The number of fused-ring (bicyclic) bond motifs is 1. The molecule has 0 aromatic heterocycles. The smallest absolute Gasteiger partial charge is 0.164 e. The Bertz CT molecular complexity index is 200. The molecule has 0 N–H and O–H groups in total. The average Bonchev–Trinajstić information content (AvgIpc) is 2.78. The monoisotopic (exact) mass is 168 g/mol. The molecule has 2 nitrogen and oxygen atoms in total. The lowest BCUT2D eigenvalue weighted by atomic mass is 9.85. The zero-order valence-electron chi connectivity index (χ0n) is 7.64. The summed E-state index contributed by atoms with van der Waals surface area (Å²) in [6.07, 6.45) is 6.40. The molecule has 0 aromatic rings. The molecule has 2 heteroatoms. The van der Waals surface area contributed by atoms with E-state index in [1.807, 2.05) is 0 Å². The van der Waals surface area contributed by atoms with Crippen LogP contribution in [0.1, 0.15) is 45.4 Å². The molecule has 1 saturated carbocycles. The van der Waals surface area contributed by atoms with E-state index >= 15 is 0 Å². The molecule has 1 saturated heterocycles. The van der Waals surface area contributed by atoms with Gasteiger partial charge in [0.2, 0.25) is 0 Å². The van der Waals surface area contributed by atoms with E-state index in [-0.39, 0.29) is 11.7 Å². The number of rotatable bonds is 3. The fourth-order valence-electron chi connectivity index (χ4n) is 2.23. The van der Waals surface area contributed by atoms with Crippen molar-refractivity contribution in [3.63, 3.8) is 0 Å². The molecule has 1 aliphatic carbocycles. The minimum Gasteiger partial charge on any atom is -0.358 e. The van der Waals surface area contributed by atoms with E-state index in [1.165, 1.54) is 12.8 Å². The van der Waals surface area contributed by atoms with E-state index in [0.29, 0.717) is 5.78 Å². The first-order valence-corrected chi connectivity index (χ1v) is 4.99. The number of ketones is 1.